The molecule has 0 atom stereocenters. The zero-order chi connectivity index (χ0) is 7.44. The third kappa shape index (κ3) is 2.20. The number of hydrazine groups is 1. The maximum absolute atomic E-state index is 10.3. The summed E-state index contributed by atoms with van der Waals surface area (Å²) < 4.78 is 0. The zero-order valence-electron chi connectivity index (χ0n) is 5.00. The van der Waals surface area contributed by atoms with Crippen LogP contribution in [0, 0.1) is 0 Å². The number of hydrogen-bond acceptors (Lipinski definition) is 4. The smallest absolute Gasteiger partial charge is 0.269 e. The van der Waals surface area contributed by atoms with Gasteiger partial charge in [-0.1, -0.05) is 0 Å². The molecule has 0 aliphatic heterocycles. The summed E-state index contributed by atoms with van der Waals surface area (Å²) in [7, 11) is 0. The van der Waals surface area contributed by atoms with Crippen LogP contribution in [0.2, 0.25) is 0 Å². The second-order valence-electron chi connectivity index (χ2n) is 1.44. The molecule has 0 aliphatic rings. The Morgan fingerprint density at radius 3 is 2.22 bits per heavy atom. The second-order valence-corrected chi connectivity index (χ2v) is 1.44. The lowest BCUT2D eigenvalue weighted by Gasteiger charge is -2.08. The lowest BCUT2D eigenvalue weighted by molar-refractivity contribution is -0.145. The highest BCUT2D eigenvalue weighted by molar-refractivity contribution is 5.93. The van der Waals surface area contributed by atoms with Crippen LogP contribution in [0.5, 0.6) is 0 Å². The summed E-state index contributed by atoms with van der Waals surface area (Å²) in [6.07, 6.45) is 0. The van der Waals surface area contributed by atoms with Gasteiger partial charge < -0.3 is 5.11 Å². The van der Waals surface area contributed by atoms with Gasteiger partial charge in [-0.15, -0.1) is 0 Å². The van der Waals surface area contributed by atoms with E-state index in [1.807, 2.05) is 0 Å². The average molecular weight is 132 g/mol. The largest absolute Gasteiger partial charge is 0.386 e. The topological polar surface area (TPSA) is 83.6 Å². The Labute approximate surface area is 52.0 Å². The molecule has 2 amide bonds. The maximum Gasteiger partial charge on any atom is 0.269 e. The van der Waals surface area contributed by atoms with E-state index < -0.39 is 18.4 Å². The second kappa shape index (κ2) is 3.16. The van der Waals surface area contributed by atoms with E-state index in [1.54, 1.807) is 0 Å². The van der Waals surface area contributed by atoms with Crippen LogP contribution in [-0.2, 0) is 9.59 Å². The van der Waals surface area contributed by atoms with Gasteiger partial charge in [-0.3, -0.25) is 9.59 Å². The molecule has 0 aromatic rings. The monoisotopic (exact) mass is 132 g/mol. The van der Waals surface area contributed by atoms with E-state index in [0.717, 1.165) is 6.92 Å². The number of carbonyl (C=O) groups is 2. The van der Waals surface area contributed by atoms with Gasteiger partial charge in [-0.05, 0) is 0 Å². The molecule has 0 spiro atoms. The van der Waals surface area contributed by atoms with E-state index in [-0.39, 0.29) is 0 Å². The van der Waals surface area contributed by atoms with Crippen LogP contribution in [-0.4, -0.2) is 28.5 Å². The molecule has 0 saturated carbocycles. The molecule has 0 rings (SSSR count). The predicted octanol–water partition coefficient (Wildman–Crippen LogP) is -1.77. The van der Waals surface area contributed by atoms with Crippen molar-refractivity contribution >= 4 is 11.8 Å². The number of carbonyl (C=O) groups excluding carboxylic acids is 2. The van der Waals surface area contributed by atoms with E-state index in [1.165, 1.54) is 0 Å². The third-order valence-electron chi connectivity index (χ3n) is 0.743. The fourth-order valence-corrected chi connectivity index (χ4v) is 0.252. The van der Waals surface area contributed by atoms with Crippen molar-refractivity contribution in [1.82, 2.24) is 5.01 Å². The Balaban J connectivity index is 3.88. The molecule has 9 heavy (non-hydrogen) atoms. The highest BCUT2D eigenvalue weighted by Gasteiger charge is 2.10. The van der Waals surface area contributed by atoms with Gasteiger partial charge in [0.1, 0.15) is 6.61 Å². The van der Waals surface area contributed by atoms with Gasteiger partial charge in [0.15, 0.2) is 0 Å². The van der Waals surface area contributed by atoms with Crippen molar-refractivity contribution < 1.29 is 14.7 Å². The van der Waals surface area contributed by atoms with Gasteiger partial charge in [0.2, 0.25) is 5.91 Å². The quantitative estimate of drug-likeness (QED) is 0.251. The summed E-state index contributed by atoms with van der Waals surface area (Å²) in [6, 6.07) is 0. The maximum atomic E-state index is 10.3. The normalized spacial score (nSPS) is 8.78. The first-order valence-electron chi connectivity index (χ1n) is 2.28. The van der Waals surface area contributed by atoms with Crippen LogP contribution in [0.3, 0.4) is 0 Å². The molecule has 0 heterocycles. The molecular weight excluding hydrogens is 124 g/mol. The minimum Gasteiger partial charge on any atom is -0.386 e. The van der Waals surface area contributed by atoms with Gasteiger partial charge in [-0.2, -0.15) is 0 Å². The summed E-state index contributed by atoms with van der Waals surface area (Å²) in [4.78, 5) is 20.5. The van der Waals surface area contributed by atoms with Crippen molar-refractivity contribution in [2.45, 2.75) is 6.92 Å². The number of aliphatic hydroxyl groups excluding tert-OH is 1. The van der Waals surface area contributed by atoms with Crippen LogP contribution < -0.4 is 5.84 Å². The Kier molecular flexibility index (Phi) is 2.83. The third-order valence-corrected chi connectivity index (χ3v) is 0.743. The number of imide groups is 1. The first-order chi connectivity index (χ1) is 4.09. The fourth-order valence-electron chi connectivity index (χ4n) is 0.252. The van der Waals surface area contributed by atoms with Crippen molar-refractivity contribution in [3.05, 3.63) is 0 Å². The summed E-state index contributed by atoms with van der Waals surface area (Å²) in [6.45, 7) is 0.392. The van der Waals surface area contributed by atoms with Gasteiger partial charge in [0.05, 0.1) is 0 Å². The molecular formula is C4H8N2O3. The summed E-state index contributed by atoms with van der Waals surface area (Å²) in [5.41, 5.74) is 0. The van der Waals surface area contributed by atoms with Crippen LogP contribution in [0.15, 0.2) is 0 Å². The summed E-state index contributed by atoms with van der Waals surface area (Å²) in [5.74, 6) is 3.45. The summed E-state index contributed by atoms with van der Waals surface area (Å²) in [5, 5.41) is 8.49. The van der Waals surface area contributed by atoms with Crippen molar-refractivity contribution in [3.63, 3.8) is 0 Å². The molecule has 0 bridgehead atoms. The molecule has 0 unspecified atom stereocenters. The number of aliphatic hydroxyl groups is 1. The predicted molar refractivity (Wildman–Crippen MR) is 28.8 cm³/mol. The van der Waals surface area contributed by atoms with Crippen LogP contribution >= 0.6 is 0 Å². The van der Waals surface area contributed by atoms with E-state index >= 15 is 0 Å². The molecule has 5 nitrogen and oxygen atoms in total. The number of nitrogens with zero attached hydrogens (tertiary/aromatic N) is 1. The highest BCUT2D eigenvalue weighted by atomic mass is 16.3. The Morgan fingerprint density at radius 1 is 1.67 bits per heavy atom. The van der Waals surface area contributed by atoms with Crippen molar-refractivity contribution in [3.8, 4) is 0 Å². The Hall–Kier alpha value is -0.940. The van der Waals surface area contributed by atoms with Crippen LogP contribution in [0.1, 0.15) is 6.92 Å². The molecule has 52 valence electrons. The van der Waals surface area contributed by atoms with Crippen LogP contribution in [0.25, 0.3) is 0 Å². The Morgan fingerprint density at radius 2 is 2.11 bits per heavy atom. The van der Waals surface area contributed by atoms with E-state index in [2.05, 4.69) is 0 Å². The molecule has 0 aromatic carbocycles. The van der Waals surface area contributed by atoms with Crippen molar-refractivity contribution in [2.75, 3.05) is 6.61 Å². The minimum absolute atomic E-state index is 0.361. The molecule has 0 aromatic heterocycles. The molecule has 5 heteroatoms. The molecule has 0 saturated heterocycles. The fraction of sp³-hybridized carbons (Fsp3) is 0.500. The van der Waals surface area contributed by atoms with Gasteiger partial charge in [0, 0.05) is 6.92 Å². The van der Waals surface area contributed by atoms with Gasteiger partial charge in [0.25, 0.3) is 5.91 Å². The molecule has 0 aliphatic carbocycles. The number of nitrogens with two attached hydrogens (primary N) is 1. The molecule has 3 N–H and O–H groups in total. The standard InChI is InChI=1S/C4H8N2O3/c1-3(8)6(5)4(9)2-7/h7H,2,5H2,1H3. The van der Waals surface area contributed by atoms with Crippen molar-refractivity contribution in [2.24, 2.45) is 5.84 Å². The number of hydrogen-bond donors (Lipinski definition) is 2. The number of amides is 2. The van der Waals surface area contributed by atoms with Gasteiger partial charge >= 0.3 is 0 Å². The highest BCUT2D eigenvalue weighted by Crippen LogP contribution is 1.78. The van der Waals surface area contributed by atoms with Crippen LogP contribution in [0.4, 0.5) is 0 Å². The Bertz CT molecular complexity index is 134. The van der Waals surface area contributed by atoms with E-state index in [0.29, 0.717) is 5.01 Å². The average Bonchev–Trinajstić information content (AvgIpc) is 1.84. The summed E-state index contributed by atoms with van der Waals surface area (Å²) >= 11 is 0. The number of rotatable bonds is 1. The first kappa shape index (κ1) is 8.06. The SMILES string of the molecule is CC(=O)N(N)C(=O)CO. The minimum atomic E-state index is -0.803. The zero-order valence-corrected chi connectivity index (χ0v) is 5.00. The van der Waals surface area contributed by atoms with Crippen molar-refractivity contribution in [1.29, 1.82) is 0 Å². The molecule has 0 radical (unpaired) electrons. The first-order valence-corrected chi connectivity index (χ1v) is 2.28. The van der Waals surface area contributed by atoms with Gasteiger partial charge in [-0.25, -0.2) is 10.9 Å². The van der Waals surface area contributed by atoms with E-state index in [4.69, 9.17) is 10.9 Å². The lowest BCUT2D eigenvalue weighted by atomic mass is 10.6. The lowest BCUT2D eigenvalue weighted by Crippen LogP contribution is -2.42. The van der Waals surface area contributed by atoms with E-state index in [9.17, 15) is 9.59 Å². The molecule has 0 fully saturated rings.